The van der Waals surface area contributed by atoms with Crippen molar-refractivity contribution >= 4 is 16.0 Å². The number of hydrogen-bond donors (Lipinski definition) is 3. The Labute approximate surface area is 65.1 Å². The lowest BCUT2D eigenvalue weighted by Gasteiger charge is -2.12. The highest BCUT2D eigenvalue weighted by Crippen LogP contribution is 2.46. The fraction of sp³-hybridized carbons (Fsp3) is 1.00. The van der Waals surface area contributed by atoms with E-state index in [9.17, 15) is 9.13 Å². The van der Waals surface area contributed by atoms with Crippen molar-refractivity contribution in [1.29, 1.82) is 0 Å². The van der Waals surface area contributed by atoms with E-state index in [0.29, 0.717) is 0 Å². The van der Waals surface area contributed by atoms with Crippen LogP contribution >= 0.6 is 16.0 Å². The topological polar surface area (TPSA) is 95.9 Å². The summed E-state index contributed by atoms with van der Waals surface area (Å²) in [6.07, 6.45) is 0. The molecule has 0 aliphatic heterocycles. The molecule has 0 rings (SSSR count). The normalized spacial score (nSPS) is 19.7. The maximum Gasteiger partial charge on any atom is 0.410 e. The van der Waals surface area contributed by atoms with Crippen LogP contribution in [0, 0.1) is 0 Å². The third-order valence-electron chi connectivity index (χ3n) is 0.623. The molecule has 68 valence electrons. The lowest BCUT2D eigenvalue weighted by Crippen LogP contribution is -2.19. The summed E-state index contributed by atoms with van der Waals surface area (Å²) in [5.74, 6) is 0. The summed E-state index contributed by atoms with van der Waals surface area (Å²) in [5.41, 5.74) is 0. The lowest BCUT2D eigenvalue weighted by molar-refractivity contribution is 0.335. The number of rotatable bonds is 4. The standard InChI is InChI=1S/C3H11NO5P2/c1-3(2)4-11(7,8)9-10(5)6/h3,10H,1-2H3,(H,5,6)(H2,4,7,8). The Morgan fingerprint density at radius 1 is 1.64 bits per heavy atom. The molecule has 0 aliphatic rings. The van der Waals surface area contributed by atoms with E-state index in [1.807, 2.05) is 0 Å². The number of hydrogen-bond acceptors (Lipinski definition) is 3. The highest BCUT2D eigenvalue weighted by molar-refractivity contribution is 7.58. The van der Waals surface area contributed by atoms with Crippen LogP contribution in [0.2, 0.25) is 0 Å². The third kappa shape index (κ3) is 6.69. The Kier molecular flexibility index (Phi) is 4.48. The van der Waals surface area contributed by atoms with Gasteiger partial charge in [0.1, 0.15) is 0 Å². The molecule has 0 aromatic rings. The molecule has 0 aromatic carbocycles. The molecule has 8 heteroatoms. The first-order chi connectivity index (χ1) is 4.83. The van der Waals surface area contributed by atoms with Crippen LogP contribution in [0.3, 0.4) is 0 Å². The van der Waals surface area contributed by atoms with Gasteiger partial charge in [0.2, 0.25) is 0 Å². The fourth-order valence-electron chi connectivity index (χ4n) is 0.458. The third-order valence-corrected chi connectivity index (χ3v) is 3.08. The van der Waals surface area contributed by atoms with Gasteiger partial charge in [0, 0.05) is 6.04 Å². The molecule has 3 N–H and O–H groups in total. The summed E-state index contributed by atoms with van der Waals surface area (Å²) in [6.45, 7) is 3.22. The molecule has 0 bridgehead atoms. The second kappa shape index (κ2) is 4.36. The minimum absolute atomic E-state index is 0.285. The molecular formula is C3H11NO5P2. The van der Waals surface area contributed by atoms with Crippen molar-refractivity contribution in [2.45, 2.75) is 19.9 Å². The quantitative estimate of drug-likeness (QED) is 0.575. The van der Waals surface area contributed by atoms with Crippen molar-refractivity contribution in [3.63, 3.8) is 0 Å². The van der Waals surface area contributed by atoms with E-state index in [2.05, 4.69) is 9.40 Å². The average Bonchev–Trinajstić information content (AvgIpc) is 1.53. The second-order valence-electron chi connectivity index (χ2n) is 2.16. The van der Waals surface area contributed by atoms with E-state index < -0.39 is 16.0 Å². The van der Waals surface area contributed by atoms with Crippen LogP contribution < -0.4 is 5.09 Å². The fourth-order valence-corrected chi connectivity index (χ4v) is 2.17. The predicted molar refractivity (Wildman–Crippen MR) is 40.4 cm³/mol. The Hall–Kier alpha value is 0.300. The molecule has 0 aromatic heterocycles. The highest BCUT2D eigenvalue weighted by Gasteiger charge is 2.22. The van der Waals surface area contributed by atoms with Gasteiger partial charge in [-0.15, -0.1) is 0 Å². The first kappa shape index (κ1) is 11.3. The van der Waals surface area contributed by atoms with E-state index in [1.165, 1.54) is 0 Å². The maximum absolute atomic E-state index is 10.7. The van der Waals surface area contributed by atoms with Crippen molar-refractivity contribution < 1.29 is 23.2 Å². The van der Waals surface area contributed by atoms with E-state index in [1.54, 1.807) is 13.8 Å². The van der Waals surface area contributed by atoms with Gasteiger partial charge in [0.25, 0.3) is 0 Å². The second-order valence-corrected chi connectivity index (χ2v) is 4.72. The molecule has 11 heavy (non-hydrogen) atoms. The summed E-state index contributed by atoms with van der Waals surface area (Å²) in [6, 6.07) is -0.285. The smallest absolute Gasteiger partial charge is 0.326 e. The van der Waals surface area contributed by atoms with Gasteiger partial charge >= 0.3 is 16.0 Å². The van der Waals surface area contributed by atoms with Crippen LogP contribution in [0.15, 0.2) is 0 Å². The minimum atomic E-state index is -4.07. The highest BCUT2D eigenvalue weighted by atomic mass is 31.2. The van der Waals surface area contributed by atoms with Crippen molar-refractivity contribution in [2.24, 2.45) is 0 Å². The molecule has 0 heterocycles. The Bertz CT molecular complexity index is 192. The Morgan fingerprint density at radius 2 is 2.09 bits per heavy atom. The molecule has 0 radical (unpaired) electrons. The van der Waals surface area contributed by atoms with Crippen molar-refractivity contribution in [1.82, 2.24) is 5.09 Å². The van der Waals surface area contributed by atoms with Gasteiger partial charge in [-0.2, -0.15) is 0 Å². The van der Waals surface area contributed by atoms with E-state index in [0.717, 1.165) is 0 Å². The monoisotopic (exact) mass is 203 g/mol. The van der Waals surface area contributed by atoms with Gasteiger partial charge in [-0.3, -0.25) is 4.57 Å². The van der Waals surface area contributed by atoms with Gasteiger partial charge in [-0.1, -0.05) is 0 Å². The Balaban J connectivity index is 4.01. The van der Waals surface area contributed by atoms with Gasteiger partial charge in [0.05, 0.1) is 0 Å². The molecule has 0 saturated carbocycles. The van der Waals surface area contributed by atoms with E-state index >= 15 is 0 Å². The van der Waals surface area contributed by atoms with Gasteiger partial charge in [-0.25, -0.2) is 14.0 Å². The first-order valence-corrected chi connectivity index (χ1v) is 5.71. The van der Waals surface area contributed by atoms with Crippen molar-refractivity contribution in [3.05, 3.63) is 0 Å². The summed E-state index contributed by atoms with van der Waals surface area (Å²) >= 11 is 0. The van der Waals surface area contributed by atoms with Crippen LogP contribution in [0.4, 0.5) is 0 Å². The SMILES string of the molecule is CC(C)NP(=O)(O)O[PH](=O)O. The molecule has 0 amide bonds. The largest absolute Gasteiger partial charge is 0.410 e. The van der Waals surface area contributed by atoms with Crippen LogP contribution in [0.25, 0.3) is 0 Å². The van der Waals surface area contributed by atoms with Crippen molar-refractivity contribution in [2.75, 3.05) is 0 Å². The summed E-state index contributed by atoms with van der Waals surface area (Å²) in [4.78, 5) is 16.9. The summed E-state index contributed by atoms with van der Waals surface area (Å²) < 4.78 is 24.6. The zero-order valence-electron chi connectivity index (χ0n) is 6.14. The summed E-state index contributed by atoms with van der Waals surface area (Å²) in [7, 11) is -7.43. The molecule has 2 atom stereocenters. The van der Waals surface area contributed by atoms with E-state index in [-0.39, 0.29) is 6.04 Å². The van der Waals surface area contributed by atoms with E-state index in [4.69, 9.17) is 9.79 Å². The number of nitrogens with one attached hydrogen (secondary N) is 1. The average molecular weight is 203 g/mol. The summed E-state index contributed by atoms with van der Waals surface area (Å²) in [5, 5.41) is 2.10. The zero-order chi connectivity index (χ0) is 9.07. The van der Waals surface area contributed by atoms with Gasteiger partial charge < -0.3 is 9.79 Å². The van der Waals surface area contributed by atoms with Crippen LogP contribution in [0.1, 0.15) is 13.8 Å². The first-order valence-electron chi connectivity index (χ1n) is 2.86. The molecule has 0 aliphatic carbocycles. The molecule has 6 nitrogen and oxygen atoms in total. The van der Waals surface area contributed by atoms with Crippen LogP contribution in [-0.4, -0.2) is 15.8 Å². The Morgan fingerprint density at radius 3 is 2.36 bits per heavy atom. The van der Waals surface area contributed by atoms with Crippen molar-refractivity contribution in [3.8, 4) is 0 Å². The minimum Gasteiger partial charge on any atom is -0.326 e. The maximum atomic E-state index is 10.7. The molecule has 0 spiro atoms. The zero-order valence-corrected chi connectivity index (χ0v) is 8.04. The van der Waals surface area contributed by atoms with Crippen LogP contribution in [-0.2, 0) is 13.4 Å². The predicted octanol–water partition coefficient (Wildman–Crippen LogP) is 0.483. The van der Waals surface area contributed by atoms with Crippen LogP contribution in [0.5, 0.6) is 0 Å². The molecule has 0 saturated heterocycles. The molecular weight excluding hydrogens is 192 g/mol. The lowest BCUT2D eigenvalue weighted by atomic mass is 10.4. The molecule has 0 fully saturated rings. The van der Waals surface area contributed by atoms with Gasteiger partial charge in [0.15, 0.2) is 0 Å². The molecule has 2 unspecified atom stereocenters. The van der Waals surface area contributed by atoms with Gasteiger partial charge in [-0.05, 0) is 13.8 Å².